The number of ketones is 1. The molecule has 4 fully saturated rings. The number of halogens is 1. The van der Waals surface area contributed by atoms with E-state index in [1.165, 1.54) is 33.3 Å². The molecule has 69 heavy (non-hydrogen) atoms. The number of hydrogen-bond acceptors (Lipinski definition) is 16. The van der Waals surface area contributed by atoms with E-state index in [0.717, 1.165) is 5.69 Å². The second-order valence-electron chi connectivity index (χ2n) is 21.1. The van der Waals surface area contributed by atoms with Gasteiger partial charge >= 0.3 is 5.97 Å². The van der Waals surface area contributed by atoms with Crippen LogP contribution in [0.3, 0.4) is 0 Å². The standard InChI is InChI=1S/C51H84FN3O14/c1-14-38-51(10,62)44(59)31(4)41(57)29(2)27-50(9,64-13)46(32(5)43(33(6)47(61)67-38)68-40-28-49(8,63-12)45(60)34(7)66-40)69-48-42(58)37(26-30(3)65-48)53(11)21-15-16-39(56)55-24-22-54(23-25-55)36-19-17-35(52)18-20-36/h17-20,29-34,37-38,40,42-46,48,58-60,62H,14-16,21-28H2,1-13H3/t29-,30-,31+,32+,33-,34+,37+,38-,40+,42-,43+,44-,45+,46-,48-,49-,50-,51-/m1/s1. The van der Waals surface area contributed by atoms with Crippen LogP contribution in [0.5, 0.6) is 0 Å². The first-order chi connectivity index (χ1) is 32.3. The van der Waals surface area contributed by atoms with Gasteiger partial charge in [-0.15, -0.1) is 0 Å². The minimum absolute atomic E-state index is 0.0455. The first-order valence-corrected chi connectivity index (χ1v) is 25.0. The molecule has 18 atom stereocenters. The normalized spacial score (nSPS) is 41.2. The van der Waals surface area contributed by atoms with Crippen LogP contribution in [0.2, 0.25) is 0 Å². The molecule has 5 rings (SSSR count). The molecule has 0 aliphatic carbocycles. The van der Waals surface area contributed by atoms with Crippen molar-refractivity contribution in [2.45, 2.75) is 192 Å². The fourth-order valence-corrected chi connectivity index (χ4v) is 11.2. The minimum atomic E-state index is -2.01. The van der Waals surface area contributed by atoms with Gasteiger partial charge in [-0.05, 0) is 105 Å². The van der Waals surface area contributed by atoms with Crippen molar-refractivity contribution in [1.82, 2.24) is 9.80 Å². The molecular formula is C51H84FN3O14. The molecule has 0 radical (unpaired) electrons. The Balaban J connectivity index is 1.41. The van der Waals surface area contributed by atoms with Gasteiger partial charge in [-0.3, -0.25) is 14.4 Å². The fraction of sp³-hybridized carbons (Fsp3) is 0.824. The number of benzene rings is 1. The summed E-state index contributed by atoms with van der Waals surface area (Å²) in [6, 6.07) is 5.92. The van der Waals surface area contributed by atoms with Gasteiger partial charge in [-0.25, -0.2) is 4.39 Å². The predicted octanol–water partition coefficient (Wildman–Crippen LogP) is 4.08. The van der Waals surface area contributed by atoms with Crippen molar-refractivity contribution in [2.75, 3.05) is 58.9 Å². The van der Waals surface area contributed by atoms with E-state index < -0.39 is 108 Å². The third kappa shape index (κ3) is 13.0. The Kier molecular flexibility index (Phi) is 19.6. The fourth-order valence-electron chi connectivity index (χ4n) is 11.2. The summed E-state index contributed by atoms with van der Waals surface area (Å²) in [6.07, 6.45) is -8.86. The molecule has 0 bridgehead atoms. The molecule has 4 N–H and O–H groups in total. The lowest BCUT2D eigenvalue weighted by Crippen LogP contribution is -2.61. The number of cyclic esters (lactones) is 1. The summed E-state index contributed by atoms with van der Waals surface area (Å²) < 4.78 is 58.1. The Labute approximate surface area is 409 Å². The molecule has 0 saturated carbocycles. The molecule has 18 heteroatoms. The number of likely N-dealkylation sites (N-methyl/N-ethyl adjacent to an activating group) is 1. The molecular weight excluding hydrogens is 898 g/mol. The van der Waals surface area contributed by atoms with Crippen molar-refractivity contribution in [3.63, 3.8) is 0 Å². The van der Waals surface area contributed by atoms with Crippen LogP contribution in [0.4, 0.5) is 10.1 Å². The number of piperazine rings is 1. The van der Waals surface area contributed by atoms with Crippen molar-refractivity contribution in [1.29, 1.82) is 0 Å². The van der Waals surface area contributed by atoms with E-state index >= 15 is 0 Å². The number of nitrogens with zero attached hydrogens (tertiary/aromatic N) is 3. The van der Waals surface area contributed by atoms with Crippen molar-refractivity contribution in [3.05, 3.63) is 30.1 Å². The van der Waals surface area contributed by atoms with E-state index in [1.54, 1.807) is 60.6 Å². The van der Waals surface area contributed by atoms with E-state index in [0.29, 0.717) is 52.0 Å². The van der Waals surface area contributed by atoms with Gasteiger partial charge in [-0.1, -0.05) is 27.7 Å². The molecule has 394 valence electrons. The number of hydrogen-bond donors (Lipinski definition) is 4. The van der Waals surface area contributed by atoms with Gasteiger partial charge < -0.3 is 68.3 Å². The van der Waals surface area contributed by atoms with Crippen LogP contribution in [-0.4, -0.2) is 186 Å². The Morgan fingerprint density at radius 1 is 0.870 bits per heavy atom. The van der Waals surface area contributed by atoms with Crippen LogP contribution >= 0.6 is 0 Å². The van der Waals surface area contributed by atoms with Crippen molar-refractivity contribution in [2.24, 2.45) is 23.7 Å². The molecule has 17 nitrogen and oxygen atoms in total. The number of carbonyl (C=O) groups is 3. The summed E-state index contributed by atoms with van der Waals surface area (Å²) in [5.74, 6) is -5.02. The number of anilines is 1. The lowest BCUT2D eigenvalue weighted by Gasteiger charge is -2.50. The summed E-state index contributed by atoms with van der Waals surface area (Å²) in [5.41, 5.74) is -3.50. The monoisotopic (exact) mass is 982 g/mol. The molecule has 1 aromatic carbocycles. The summed E-state index contributed by atoms with van der Waals surface area (Å²) in [4.78, 5) is 48.0. The number of ether oxygens (including phenoxy) is 7. The van der Waals surface area contributed by atoms with Gasteiger partial charge in [0.15, 0.2) is 12.6 Å². The predicted molar refractivity (Wildman–Crippen MR) is 254 cm³/mol. The van der Waals surface area contributed by atoms with Gasteiger partial charge in [0.25, 0.3) is 0 Å². The highest BCUT2D eigenvalue weighted by atomic mass is 19.1. The maximum atomic E-state index is 14.4. The second kappa shape index (κ2) is 23.8. The lowest BCUT2D eigenvalue weighted by molar-refractivity contribution is -0.319. The molecule has 4 aliphatic rings. The first-order valence-electron chi connectivity index (χ1n) is 25.0. The van der Waals surface area contributed by atoms with Crippen LogP contribution in [0.25, 0.3) is 0 Å². The number of rotatable bonds is 13. The van der Waals surface area contributed by atoms with Gasteiger partial charge in [0.1, 0.15) is 35.5 Å². The maximum absolute atomic E-state index is 14.4. The highest BCUT2D eigenvalue weighted by Gasteiger charge is 2.54. The number of amides is 1. The number of aliphatic hydroxyl groups excluding tert-OH is 3. The Hall–Kier alpha value is -2.88. The molecule has 1 aromatic rings. The van der Waals surface area contributed by atoms with Crippen molar-refractivity contribution >= 4 is 23.3 Å². The molecule has 0 unspecified atom stereocenters. The van der Waals surface area contributed by atoms with E-state index in [-0.39, 0.29) is 42.9 Å². The molecule has 0 spiro atoms. The van der Waals surface area contributed by atoms with Gasteiger partial charge in [-0.2, -0.15) is 0 Å². The zero-order chi connectivity index (χ0) is 51.3. The largest absolute Gasteiger partial charge is 0.459 e. The van der Waals surface area contributed by atoms with Gasteiger partial charge in [0.05, 0.1) is 47.6 Å². The summed E-state index contributed by atoms with van der Waals surface area (Å²) in [7, 11) is 4.88. The quantitative estimate of drug-likeness (QED) is 0.206. The van der Waals surface area contributed by atoms with E-state index in [9.17, 15) is 39.2 Å². The lowest BCUT2D eigenvalue weighted by atomic mass is 9.74. The van der Waals surface area contributed by atoms with Crippen molar-refractivity contribution < 1.29 is 72.4 Å². The topological polar surface area (TPSA) is 206 Å². The zero-order valence-electron chi connectivity index (χ0n) is 43.3. The number of methoxy groups -OCH3 is 2. The zero-order valence-corrected chi connectivity index (χ0v) is 43.3. The highest BCUT2D eigenvalue weighted by molar-refractivity contribution is 5.83. The average Bonchev–Trinajstić information content (AvgIpc) is 3.32. The molecule has 4 saturated heterocycles. The minimum Gasteiger partial charge on any atom is -0.459 e. The van der Waals surface area contributed by atoms with Gasteiger partial charge in [0, 0.05) is 82.7 Å². The average molecular weight is 982 g/mol. The SMILES string of the molecule is CC[C@H]1OC(=O)[C@H](C)[C@@H](O[C@H]2C[C@@](C)(OC)[C@@H](O)[C@H](C)O2)[C@H](C)[C@@H](O[C@H]2O[C@H](C)C[C@H](N(C)CCCC(=O)N3CCN(c4ccc(F)cc4)CC3)[C@H]2O)[C@](C)(OC)C[C@@H](C)C(=O)[C@H](C)[C@@H](O)[C@]1(C)O. The Bertz CT molecular complexity index is 1840. The summed E-state index contributed by atoms with van der Waals surface area (Å²) in [5, 5.41) is 46.7. The number of esters is 1. The van der Waals surface area contributed by atoms with E-state index in [2.05, 4.69) is 4.90 Å². The highest BCUT2D eigenvalue weighted by Crippen LogP contribution is 2.42. The smallest absolute Gasteiger partial charge is 0.311 e. The Morgan fingerprint density at radius 2 is 1.49 bits per heavy atom. The third-order valence-electron chi connectivity index (χ3n) is 15.9. The molecule has 4 aliphatic heterocycles. The number of carbonyl (C=O) groups excluding carboxylic acids is 3. The van der Waals surface area contributed by atoms with Crippen LogP contribution in [0.1, 0.15) is 108 Å². The molecule has 1 amide bonds. The number of aliphatic hydroxyl groups is 4. The van der Waals surface area contributed by atoms with Crippen molar-refractivity contribution in [3.8, 4) is 0 Å². The van der Waals surface area contributed by atoms with Crippen LogP contribution in [0.15, 0.2) is 24.3 Å². The first kappa shape index (κ1) is 57.0. The Morgan fingerprint density at radius 3 is 2.09 bits per heavy atom. The molecule has 0 aromatic heterocycles. The number of Topliss-reactive ketones (excluding diaryl/α,β-unsaturated/α-hetero) is 1. The summed E-state index contributed by atoms with van der Waals surface area (Å²) >= 11 is 0. The van der Waals surface area contributed by atoms with E-state index in [1.807, 2.05) is 30.7 Å². The summed E-state index contributed by atoms with van der Waals surface area (Å²) in [6.45, 7) is 19.8. The molecule has 4 heterocycles. The second-order valence-corrected chi connectivity index (χ2v) is 21.1. The van der Waals surface area contributed by atoms with Crippen LogP contribution in [-0.2, 0) is 47.5 Å². The van der Waals surface area contributed by atoms with Crippen LogP contribution in [0, 0.1) is 29.5 Å². The maximum Gasteiger partial charge on any atom is 0.311 e. The van der Waals surface area contributed by atoms with E-state index in [4.69, 9.17) is 33.2 Å². The van der Waals surface area contributed by atoms with Crippen LogP contribution < -0.4 is 4.90 Å². The van der Waals surface area contributed by atoms with Gasteiger partial charge in [0.2, 0.25) is 5.91 Å². The third-order valence-corrected chi connectivity index (χ3v) is 15.9.